The molecule has 16 heavy (non-hydrogen) atoms. The van der Waals surface area contributed by atoms with Crippen LogP contribution in [0, 0.1) is 6.92 Å². The van der Waals surface area contributed by atoms with Gasteiger partial charge in [0, 0.05) is 19.3 Å². The predicted molar refractivity (Wildman–Crippen MR) is 62.6 cm³/mol. The number of imidazole rings is 1. The molecule has 0 aromatic carbocycles. The van der Waals surface area contributed by atoms with Gasteiger partial charge in [-0.05, 0) is 13.3 Å². The van der Waals surface area contributed by atoms with E-state index in [2.05, 4.69) is 16.3 Å². The molecule has 0 fully saturated rings. The minimum atomic E-state index is -3.50. The van der Waals surface area contributed by atoms with Crippen LogP contribution >= 0.6 is 0 Å². The van der Waals surface area contributed by atoms with Gasteiger partial charge in [-0.2, -0.15) is 0 Å². The summed E-state index contributed by atoms with van der Waals surface area (Å²) in [7, 11) is -3.50. The second-order valence-corrected chi connectivity index (χ2v) is 5.17. The SMILES string of the molecule is C=CCNS(=O)(=O)c1cn(CCC)c(C)n1. The Bertz CT molecular complexity index is 462. The zero-order chi connectivity index (χ0) is 12.2. The van der Waals surface area contributed by atoms with Crippen molar-refractivity contribution in [2.24, 2.45) is 0 Å². The highest BCUT2D eigenvalue weighted by atomic mass is 32.2. The Morgan fingerprint density at radius 2 is 2.31 bits per heavy atom. The van der Waals surface area contributed by atoms with E-state index in [0.717, 1.165) is 13.0 Å². The Morgan fingerprint density at radius 3 is 2.88 bits per heavy atom. The van der Waals surface area contributed by atoms with E-state index >= 15 is 0 Å². The molecule has 0 aliphatic carbocycles. The third-order valence-corrected chi connectivity index (χ3v) is 3.41. The van der Waals surface area contributed by atoms with Gasteiger partial charge < -0.3 is 4.57 Å². The smallest absolute Gasteiger partial charge is 0.259 e. The number of aromatic nitrogens is 2. The Balaban J connectivity index is 2.95. The average Bonchev–Trinajstić information content (AvgIpc) is 2.59. The zero-order valence-corrected chi connectivity index (χ0v) is 10.4. The van der Waals surface area contributed by atoms with Crippen LogP contribution in [0.25, 0.3) is 0 Å². The lowest BCUT2D eigenvalue weighted by molar-refractivity contribution is 0.582. The van der Waals surface area contributed by atoms with Gasteiger partial charge in [0.1, 0.15) is 5.82 Å². The van der Waals surface area contributed by atoms with Gasteiger partial charge in [0.05, 0.1) is 0 Å². The van der Waals surface area contributed by atoms with Crippen LogP contribution in [0.15, 0.2) is 23.9 Å². The maximum Gasteiger partial charge on any atom is 0.259 e. The van der Waals surface area contributed by atoms with Crippen LogP contribution in [0.2, 0.25) is 0 Å². The number of nitrogens with zero attached hydrogens (tertiary/aromatic N) is 2. The summed E-state index contributed by atoms with van der Waals surface area (Å²) in [6.07, 6.45) is 3.99. The molecule has 1 rings (SSSR count). The maximum absolute atomic E-state index is 11.7. The summed E-state index contributed by atoms with van der Waals surface area (Å²) >= 11 is 0. The first-order valence-corrected chi connectivity index (χ1v) is 6.64. The maximum atomic E-state index is 11.7. The first-order chi connectivity index (χ1) is 7.51. The molecule has 5 nitrogen and oxygen atoms in total. The van der Waals surface area contributed by atoms with Gasteiger partial charge in [-0.25, -0.2) is 18.1 Å². The van der Waals surface area contributed by atoms with Crippen molar-refractivity contribution >= 4 is 10.0 Å². The van der Waals surface area contributed by atoms with Crippen LogP contribution in [-0.2, 0) is 16.6 Å². The molecule has 90 valence electrons. The highest BCUT2D eigenvalue weighted by molar-refractivity contribution is 7.89. The predicted octanol–water partition coefficient (Wildman–Crippen LogP) is 1.07. The third kappa shape index (κ3) is 2.93. The second kappa shape index (κ2) is 5.27. The lowest BCUT2D eigenvalue weighted by Gasteiger charge is -2.00. The number of hydrogen-bond acceptors (Lipinski definition) is 3. The van der Waals surface area contributed by atoms with Gasteiger partial charge in [0.2, 0.25) is 0 Å². The van der Waals surface area contributed by atoms with Crippen molar-refractivity contribution in [1.82, 2.24) is 14.3 Å². The minimum Gasteiger partial charge on any atom is -0.334 e. The second-order valence-electron chi connectivity index (χ2n) is 3.46. The molecular formula is C10H17N3O2S. The van der Waals surface area contributed by atoms with E-state index < -0.39 is 10.0 Å². The van der Waals surface area contributed by atoms with Crippen molar-refractivity contribution < 1.29 is 8.42 Å². The Hall–Kier alpha value is -1.14. The van der Waals surface area contributed by atoms with Crippen molar-refractivity contribution in [2.75, 3.05) is 6.54 Å². The number of rotatable bonds is 6. The van der Waals surface area contributed by atoms with E-state index in [9.17, 15) is 8.42 Å². The van der Waals surface area contributed by atoms with Crippen molar-refractivity contribution in [3.05, 3.63) is 24.7 Å². The topological polar surface area (TPSA) is 64.0 Å². The fourth-order valence-corrected chi connectivity index (χ4v) is 2.32. The molecule has 0 radical (unpaired) electrons. The number of hydrogen-bond donors (Lipinski definition) is 1. The quantitative estimate of drug-likeness (QED) is 0.760. The van der Waals surface area contributed by atoms with Gasteiger partial charge in [-0.1, -0.05) is 13.0 Å². The molecule has 1 aromatic heterocycles. The highest BCUT2D eigenvalue weighted by Crippen LogP contribution is 2.09. The molecular weight excluding hydrogens is 226 g/mol. The Morgan fingerprint density at radius 1 is 1.62 bits per heavy atom. The molecule has 6 heteroatoms. The number of sulfonamides is 1. The first-order valence-electron chi connectivity index (χ1n) is 5.15. The van der Waals surface area contributed by atoms with Crippen LogP contribution in [0.5, 0.6) is 0 Å². The summed E-state index contributed by atoms with van der Waals surface area (Å²) in [6, 6.07) is 0. The van der Waals surface area contributed by atoms with Crippen LogP contribution in [0.1, 0.15) is 19.2 Å². The molecule has 0 bridgehead atoms. The zero-order valence-electron chi connectivity index (χ0n) is 9.60. The van der Waals surface area contributed by atoms with E-state index in [-0.39, 0.29) is 11.6 Å². The lowest BCUT2D eigenvalue weighted by Crippen LogP contribution is -2.23. The minimum absolute atomic E-state index is 0.0697. The third-order valence-electron chi connectivity index (χ3n) is 2.11. The average molecular weight is 243 g/mol. The summed E-state index contributed by atoms with van der Waals surface area (Å²) in [6.45, 7) is 8.27. The molecule has 1 N–H and O–H groups in total. The molecule has 1 heterocycles. The molecule has 0 aliphatic heterocycles. The van der Waals surface area contributed by atoms with Crippen molar-refractivity contribution in [1.29, 1.82) is 0 Å². The summed E-state index contributed by atoms with van der Waals surface area (Å²) in [5.74, 6) is 0.709. The van der Waals surface area contributed by atoms with Gasteiger partial charge in [0.25, 0.3) is 10.0 Å². The molecule has 0 atom stereocenters. The summed E-state index contributed by atoms with van der Waals surface area (Å²) in [4.78, 5) is 4.03. The van der Waals surface area contributed by atoms with Crippen molar-refractivity contribution in [3.8, 4) is 0 Å². The Kier molecular flexibility index (Phi) is 4.26. The molecule has 0 spiro atoms. The van der Waals surface area contributed by atoms with Gasteiger partial charge in [0.15, 0.2) is 5.03 Å². The number of nitrogens with one attached hydrogen (secondary N) is 1. The van der Waals surface area contributed by atoms with Gasteiger partial charge >= 0.3 is 0 Å². The monoisotopic (exact) mass is 243 g/mol. The largest absolute Gasteiger partial charge is 0.334 e. The van der Waals surface area contributed by atoms with E-state index in [1.54, 1.807) is 13.1 Å². The van der Waals surface area contributed by atoms with E-state index in [4.69, 9.17) is 0 Å². The summed E-state index contributed by atoms with van der Waals surface area (Å²) in [5, 5.41) is 0.0697. The lowest BCUT2D eigenvalue weighted by atomic mass is 10.5. The molecule has 1 aromatic rings. The first kappa shape index (κ1) is 12.9. The highest BCUT2D eigenvalue weighted by Gasteiger charge is 2.17. The molecule has 0 unspecified atom stereocenters. The van der Waals surface area contributed by atoms with Gasteiger partial charge in [-0.3, -0.25) is 0 Å². The molecule has 0 amide bonds. The summed E-state index contributed by atoms with van der Waals surface area (Å²) in [5.41, 5.74) is 0. The van der Waals surface area contributed by atoms with Crippen molar-refractivity contribution in [3.63, 3.8) is 0 Å². The standard InChI is InChI=1S/C10H17N3O2S/c1-4-6-11-16(14,15)10-8-13(7-5-2)9(3)12-10/h4,8,11H,1,5-7H2,2-3H3. The van der Waals surface area contributed by atoms with Crippen LogP contribution in [-0.4, -0.2) is 24.5 Å². The van der Waals surface area contributed by atoms with E-state index in [1.807, 2.05) is 11.5 Å². The molecule has 0 saturated heterocycles. The fraction of sp³-hybridized carbons (Fsp3) is 0.500. The van der Waals surface area contributed by atoms with Crippen LogP contribution in [0.4, 0.5) is 0 Å². The molecule has 0 saturated carbocycles. The molecule has 0 aliphatic rings. The van der Waals surface area contributed by atoms with Crippen LogP contribution in [0.3, 0.4) is 0 Å². The summed E-state index contributed by atoms with van der Waals surface area (Å²) < 4.78 is 27.7. The fourth-order valence-electron chi connectivity index (χ4n) is 1.32. The van der Waals surface area contributed by atoms with Crippen molar-refractivity contribution in [2.45, 2.75) is 31.8 Å². The Labute approximate surface area is 96.2 Å². The van der Waals surface area contributed by atoms with Gasteiger partial charge in [-0.15, -0.1) is 6.58 Å². The van der Waals surface area contributed by atoms with E-state index in [0.29, 0.717) is 5.82 Å². The number of aryl methyl sites for hydroxylation is 2. The van der Waals surface area contributed by atoms with Crippen LogP contribution < -0.4 is 4.72 Å². The van der Waals surface area contributed by atoms with E-state index in [1.165, 1.54) is 6.08 Å². The normalized spacial score (nSPS) is 11.6.